The minimum Gasteiger partial charge on any atom is -0.311 e. The Morgan fingerprint density at radius 1 is 1.44 bits per heavy atom. The quantitative estimate of drug-likeness (QED) is 0.896. The van der Waals surface area contributed by atoms with Gasteiger partial charge in [0.05, 0.1) is 0 Å². The molecule has 1 aromatic carbocycles. The zero-order valence-corrected chi connectivity index (χ0v) is 11.5. The minimum absolute atomic E-state index is 0.561. The molecule has 0 aromatic heterocycles. The smallest absolute Gasteiger partial charge is 0.0284 e. The number of benzene rings is 1. The first-order valence-electron chi connectivity index (χ1n) is 5.85. The number of nitrogens with one attached hydrogen (secondary N) is 1. The molecule has 0 bridgehead atoms. The van der Waals surface area contributed by atoms with E-state index in [9.17, 15) is 0 Å². The highest BCUT2D eigenvalue weighted by Crippen LogP contribution is 2.21. The first kappa shape index (κ1) is 12.1. The van der Waals surface area contributed by atoms with E-state index < -0.39 is 0 Å². The number of rotatable bonds is 2. The Morgan fingerprint density at radius 2 is 2.19 bits per heavy atom. The zero-order valence-electron chi connectivity index (χ0n) is 9.91. The molecule has 1 heterocycles. The van der Waals surface area contributed by atoms with Crippen molar-refractivity contribution < 1.29 is 0 Å². The van der Waals surface area contributed by atoms with E-state index in [4.69, 9.17) is 0 Å². The highest BCUT2D eigenvalue weighted by molar-refractivity contribution is 9.10. The van der Waals surface area contributed by atoms with Crippen molar-refractivity contribution in [2.75, 3.05) is 20.1 Å². The maximum atomic E-state index is 3.62. The van der Waals surface area contributed by atoms with Gasteiger partial charge in [-0.3, -0.25) is 0 Å². The number of nitrogens with zero attached hydrogens (tertiary/aromatic N) is 1. The van der Waals surface area contributed by atoms with Crippen molar-refractivity contribution in [3.63, 3.8) is 0 Å². The second-order valence-corrected chi connectivity index (χ2v) is 5.44. The fraction of sp³-hybridized carbons (Fsp3) is 0.538. The van der Waals surface area contributed by atoms with Crippen LogP contribution in [0.15, 0.2) is 28.7 Å². The van der Waals surface area contributed by atoms with Crippen LogP contribution in [0.5, 0.6) is 0 Å². The van der Waals surface area contributed by atoms with E-state index in [1.54, 1.807) is 0 Å². The Kier molecular flexibility index (Phi) is 4.00. The molecule has 0 amide bonds. The van der Waals surface area contributed by atoms with E-state index >= 15 is 0 Å². The van der Waals surface area contributed by atoms with Crippen LogP contribution >= 0.6 is 15.9 Å². The normalized spacial score (nSPS) is 26.9. The van der Waals surface area contributed by atoms with Gasteiger partial charge in [0, 0.05) is 29.6 Å². The molecule has 88 valence electrons. The van der Waals surface area contributed by atoms with Crippen molar-refractivity contribution >= 4 is 15.9 Å². The summed E-state index contributed by atoms with van der Waals surface area (Å²) in [5.74, 6) is 0. The molecule has 3 heteroatoms. The van der Waals surface area contributed by atoms with E-state index in [1.165, 1.54) is 10.0 Å². The molecule has 1 N–H and O–H groups in total. The summed E-state index contributed by atoms with van der Waals surface area (Å²) in [6.07, 6.45) is 1.10. The van der Waals surface area contributed by atoms with Crippen molar-refractivity contribution in [2.45, 2.75) is 25.4 Å². The van der Waals surface area contributed by atoms with Gasteiger partial charge in [-0.1, -0.05) is 34.1 Å². The molecule has 0 radical (unpaired) electrons. The third-order valence-electron chi connectivity index (χ3n) is 3.46. The molecular formula is C13H19BrN2. The van der Waals surface area contributed by atoms with Crippen LogP contribution in [0.3, 0.4) is 0 Å². The van der Waals surface area contributed by atoms with Gasteiger partial charge in [0.15, 0.2) is 0 Å². The van der Waals surface area contributed by atoms with Crippen LogP contribution < -0.4 is 5.32 Å². The molecule has 1 aliphatic rings. The van der Waals surface area contributed by atoms with Crippen LogP contribution in [0.2, 0.25) is 0 Å². The summed E-state index contributed by atoms with van der Waals surface area (Å²) in [5.41, 5.74) is 1.40. The van der Waals surface area contributed by atoms with Gasteiger partial charge in [-0.25, -0.2) is 0 Å². The first-order chi connectivity index (χ1) is 7.68. The summed E-state index contributed by atoms with van der Waals surface area (Å²) < 4.78 is 1.22. The SMILES string of the molecule is CC1NCCN(C)C1Cc1ccccc1Br. The first-order valence-corrected chi connectivity index (χ1v) is 6.65. The number of hydrogen-bond donors (Lipinski definition) is 1. The summed E-state index contributed by atoms with van der Waals surface area (Å²) in [7, 11) is 2.22. The Hall–Kier alpha value is -0.380. The molecule has 2 rings (SSSR count). The van der Waals surface area contributed by atoms with Crippen LogP contribution in [0.1, 0.15) is 12.5 Å². The number of halogens is 1. The number of likely N-dealkylation sites (N-methyl/N-ethyl adjacent to an activating group) is 1. The van der Waals surface area contributed by atoms with Crippen LogP contribution in [0, 0.1) is 0 Å². The highest BCUT2D eigenvalue weighted by atomic mass is 79.9. The van der Waals surface area contributed by atoms with E-state index in [2.05, 4.69) is 64.4 Å². The maximum absolute atomic E-state index is 3.62. The fourth-order valence-corrected chi connectivity index (χ4v) is 2.82. The summed E-state index contributed by atoms with van der Waals surface area (Å²) in [4.78, 5) is 2.46. The van der Waals surface area contributed by atoms with Gasteiger partial charge < -0.3 is 10.2 Å². The Balaban J connectivity index is 2.11. The summed E-state index contributed by atoms with van der Waals surface area (Å²) in [6, 6.07) is 9.66. The van der Waals surface area contributed by atoms with Crippen molar-refractivity contribution in [3.8, 4) is 0 Å². The zero-order chi connectivity index (χ0) is 11.5. The average molecular weight is 283 g/mol. The van der Waals surface area contributed by atoms with Gasteiger partial charge in [-0.05, 0) is 32.0 Å². The molecule has 1 aromatic rings. The predicted octanol–water partition coefficient (Wildman–Crippen LogP) is 2.28. The van der Waals surface area contributed by atoms with Gasteiger partial charge in [0.1, 0.15) is 0 Å². The molecule has 16 heavy (non-hydrogen) atoms. The molecule has 1 saturated heterocycles. The fourth-order valence-electron chi connectivity index (χ4n) is 2.37. The molecule has 0 saturated carbocycles. The van der Waals surface area contributed by atoms with Crippen LogP contribution in [-0.2, 0) is 6.42 Å². The second-order valence-electron chi connectivity index (χ2n) is 4.59. The second kappa shape index (κ2) is 5.30. The predicted molar refractivity (Wildman–Crippen MR) is 71.7 cm³/mol. The molecule has 0 spiro atoms. The summed E-state index contributed by atoms with van der Waals surface area (Å²) >= 11 is 3.62. The third kappa shape index (κ3) is 2.65. The topological polar surface area (TPSA) is 15.3 Å². The molecule has 2 nitrogen and oxygen atoms in total. The molecule has 0 aliphatic carbocycles. The monoisotopic (exact) mass is 282 g/mol. The maximum Gasteiger partial charge on any atom is 0.0284 e. The Bertz CT molecular complexity index is 344. The largest absolute Gasteiger partial charge is 0.311 e. The van der Waals surface area contributed by atoms with Crippen molar-refractivity contribution in [2.24, 2.45) is 0 Å². The third-order valence-corrected chi connectivity index (χ3v) is 4.23. The minimum atomic E-state index is 0.561. The molecule has 1 fully saturated rings. The highest BCUT2D eigenvalue weighted by Gasteiger charge is 2.25. The summed E-state index contributed by atoms with van der Waals surface area (Å²) in [6.45, 7) is 4.51. The Morgan fingerprint density at radius 3 is 2.88 bits per heavy atom. The van der Waals surface area contributed by atoms with E-state index in [0.717, 1.165) is 19.5 Å². The van der Waals surface area contributed by atoms with Gasteiger partial charge in [0.25, 0.3) is 0 Å². The lowest BCUT2D eigenvalue weighted by atomic mass is 9.97. The van der Waals surface area contributed by atoms with Crippen molar-refractivity contribution in [3.05, 3.63) is 34.3 Å². The van der Waals surface area contributed by atoms with Gasteiger partial charge in [-0.15, -0.1) is 0 Å². The molecular weight excluding hydrogens is 264 g/mol. The van der Waals surface area contributed by atoms with Crippen molar-refractivity contribution in [1.82, 2.24) is 10.2 Å². The van der Waals surface area contributed by atoms with E-state index in [0.29, 0.717) is 12.1 Å². The lowest BCUT2D eigenvalue weighted by molar-refractivity contribution is 0.157. The molecule has 2 unspecified atom stereocenters. The Labute approximate surface area is 106 Å². The lowest BCUT2D eigenvalue weighted by Gasteiger charge is -2.38. The van der Waals surface area contributed by atoms with E-state index in [-0.39, 0.29) is 0 Å². The van der Waals surface area contributed by atoms with Crippen LogP contribution in [0.25, 0.3) is 0 Å². The molecule has 2 atom stereocenters. The average Bonchev–Trinajstić information content (AvgIpc) is 2.26. The van der Waals surface area contributed by atoms with E-state index in [1.807, 2.05) is 0 Å². The number of piperazine rings is 1. The summed E-state index contributed by atoms with van der Waals surface area (Å²) in [5, 5.41) is 3.55. The van der Waals surface area contributed by atoms with Crippen LogP contribution in [-0.4, -0.2) is 37.1 Å². The van der Waals surface area contributed by atoms with Crippen LogP contribution in [0.4, 0.5) is 0 Å². The molecule has 1 aliphatic heterocycles. The number of hydrogen-bond acceptors (Lipinski definition) is 2. The van der Waals surface area contributed by atoms with Gasteiger partial charge >= 0.3 is 0 Å². The van der Waals surface area contributed by atoms with Crippen molar-refractivity contribution in [1.29, 1.82) is 0 Å². The van der Waals surface area contributed by atoms with Gasteiger partial charge in [0.2, 0.25) is 0 Å². The lowest BCUT2D eigenvalue weighted by Crippen LogP contribution is -2.55. The van der Waals surface area contributed by atoms with Gasteiger partial charge in [-0.2, -0.15) is 0 Å². The standard InChI is InChI=1S/C13H19BrN2/c1-10-13(16(2)8-7-15-10)9-11-5-3-4-6-12(11)14/h3-6,10,13,15H,7-9H2,1-2H3.